The fraction of sp³-hybridized carbons (Fsp3) is 0.100. The molecule has 0 aliphatic heterocycles. The van der Waals surface area contributed by atoms with Crippen LogP contribution < -0.4 is 11.5 Å². The second-order valence-electron chi connectivity index (χ2n) is 3.07. The standard InChI is InChI=1S/C10H11N4/c1-2-6-3-4-8-7(5-6)9(11)14-10(12)13-8/h3-5H,1-2H2,(H4,11,12,13,14). The molecule has 0 bridgehead atoms. The third-order valence-electron chi connectivity index (χ3n) is 2.10. The van der Waals surface area contributed by atoms with Crippen molar-refractivity contribution in [3.05, 3.63) is 30.7 Å². The van der Waals surface area contributed by atoms with Crippen molar-refractivity contribution in [3.8, 4) is 0 Å². The zero-order valence-corrected chi connectivity index (χ0v) is 7.70. The van der Waals surface area contributed by atoms with E-state index < -0.39 is 0 Å². The number of nitrogens with zero attached hydrogens (tertiary/aromatic N) is 2. The molecule has 0 saturated carbocycles. The van der Waals surface area contributed by atoms with Crippen molar-refractivity contribution in [2.45, 2.75) is 6.42 Å². The van der Waals surface area contributed by atoms with Crippen molar-refractivity contribution >= 4 is 22.7 Å². The van der Waals surface area contributed by atoms with Gasteiger partial charge in [-0.1, -0.05) is 6.07 Å². The number of nitrogens with two attached hydrogens (primary N) is 2. The van der Waals surface area contributed by atoms with Gasteiger partial charge in [0.1, 0.15) is 5.82 Å². The Kier molecular flexibility index (Phi) is 1.96. The molecule has 71 valence electrons. The van der Waals surface area contributed by atoms with Gasteiger partial charge in [0.25, 0.3) is 0 Å². The smallest absolute Gasteiger partial charge is 0.222 e. The number of rotatable bonds is 1. The third kappa shape index (κ3) is 1.35. The van der Waals surface area contributed by atoms with Crippen molar-refractivity contribution in [3.63, 3.8) is 0 Å². The van der Waals surface area contributed by atoms with E-state index in [1.807, 2.05) is 18.2 Å². The summed E-state index contributed by atoms with van der Waals surface area (Å²) in [5.74, 6) is 0.625. The Hall–Kier alpha value is -1.84. The Balaban J connectivity index is 2.75. The van der Waals surface area contributed by atoms with Crippen LogP contribution in [0.1, 0.15) is 5.56 Å². The molecular weight excluding hydrogens is 176 g/mol. The van der Waals surface area contributed by atoms with Gasteiger partial charge in [0, 0.05) is 5.39 Å². The van der Waals surface area contributed by atoms with E-state index in [4.69, 9.17) is 11.5 Å². The highest BCUT2D eigenvalue weighted by Crippen LogP contribution is 2.20. The topological polar surface area (TPSA) is 77.8 Å². The van der Waals surface area contributed by atoms with E-state index in [1.165, 1.54) is 0 Å². The summed E-state index contributed by atoms with van der Waals surface area (Å²) in [5, 5.41) is 0.834. The molecule has 0 fully saturated rings. The molecule has 0 amide bonds. The van der Waals surface area contributed by atoms with Crippen LogP contribution in [0.4, 0.5) is 11.8 Å². The van der Waals surface area contributed by atoms with Crippen LogP contribution in [-0.4, -0.2) is 9.97 Å². The first-order chi connectivity index (χ1) is 6.70. The minimum Gasteiger partial charge on any atom is -0.383 e. The molecule has 0 spiro atoms. The van der Waals surface area contributed by atoms with Crippen LogP contribution in [-0.2, 0) is 6.42 Å². The van der Waals surface area contributed by atoms with Gasteiger partial charge in [0.15, 0.2) is 0 Å². The first-order valence-corrected chi connectivity index (χ1v) is 4.31. The number of nitrogen functional groups attached to an aromatic ring is 2. The summed E-state index contributed by atoms with van der Waals surface area (Å²) >= 11 is 0. The molecule has 4 nitrogen and oxygen atoms in total. The summed E-state index contributed by atoms with van der Waals surface area (Å²) in [6.07, 6.45) is 0.722. The summed E-state index contributed by atoms with van der Waals surface area (Å²) < 4.78 is 0. The number of benzene rings is 1. The number of hydrogen-bond donors (Lipinski definition) is 2. The lowest BCUT2D eigenvalue weighted by Crippen LogP contribution is -2.00. The predicted molar refractivity (Wildman–Crippen MR) is 57.4 cm³/mol. The average molecular weight is 187 g/mol. The second-order valence-corrected chi connectivity index (χ2v) is 3.07. The Morgan fingerprint density at radius 2 is 2.00 bits per heavy atom. The van der Waals surface area contributed by atoms with E-state index in [0.29, 0.717) is 5.82 Å². The van der Waals surface area contributed by atoms with E-state index in [-0.39, 0.29) is 5.95 Å². The lowest BCUT2D eigenvalue weighted by atomic mass is 10.1. The van der Waals surface area contributed by atoms with E-state index >= 15 is 0 Å². The predicted octanol–water partition coefficient (Wildman–Crippen LogP) is 1.17. The minimum atomic E-state index is 0.206. The van der Waals surface area contributed by atoms with Crippen molar-refractivity contribution in [1.82, 2.24) is 9.97 Å². The molecule has 1 radical (unpaired) electrons. The summed E-state index contributed by atoms with van der Waals surface area (Å²) in [5.41, 5.74) is 13.1. The molecule has 2 rings (SSSR count). The van der Waals surface area contributed by atoms with Crippen molar-refractivity contribution in [2.75, 3.05) is 11.5 Å². The van der Waals surface area contributed by atoms with Crippen LogP contribution >= 0.6 is 0 Å². The summed E-state index contributed by atoms with van der Waals surface area (Å²) in [7, 11) is 0. The van der Waals surface area contributed by atoms with E-state index in [2.05, 4.69) is 16.9 Å². The van der Waals surface area contributed by atoms with Gasteiger partial charge in [0.2, 0.25) is 5.95 Å². The zero-order valence-electron chi connectivity index (χ0n) is 7.70. The SMILES string of the molecule is [CH2]Cc1ccc2nc(N)nc(N)c2c1. The number of hydrogen-bond acceptors (Lipinski definition) is 4. The molecule has 0 aliphatic rings. The summed E-state index contributed by atoms with van der Waals surface area (Å²) in [4.78, 5) is 7.98. The fourth-order valence-corrected chi connectivity index (χ4v) is 1.37. The molecule has 0 aliphatic carbocycles. The largest absolute Gasteiger partial charge is 0.383 e. The molecule has 2 aromatic rings. The van der Waals surface area contributed by atoms with Gasteiger partial charge in [-0.3, -0.25) is 0 Å². The van der Waals surface area contributed by atoms with Crippen LogP contribution in [0, 0.1) is 6.92 Å². The molecule has 0 saturated heterocycles. The fourth-order valence-electron chi connectivity index (χ4n) is 1.37. The van der Waals surface area contributed by atoms with Crippen molar-refractivity contribution < 1.29 is 0 Å². The Labute approximate surface area is 82.0 Å². The molecule has 1 aromatic heterocycles. The summed E-state index contributed by atoms with van der Waals surface area (Å²) in [6.45, 7) is 3.80. The van der Waals surface area contributed by atoms with Crippen LogP contribution in [0.25, 0.3) is 10.9 Å². The maximum absolute atomic E-state index is 5.73. The Morgan fingerprint density at radius 3 is 2.71 bits per heavy atom. The van der Waals surface area contributed by atoms with Gasteiger partial charge < -0.3 is 11.5 Å². The maximum atomic E-state index is 5.73. The molecular formula is C10H11N4. The highest BCUT2D eigenvalue weighted by molar-refractivity contribution is 5.89. The maximum Gasteiger partial charge on any atom is 0.222 e. The molecule has 4 heteroatoms. The Morgan fingerprint density at radius 1 is 1.21 bits per heavy atom. The van der Waals surface area contributed by atoms with Crippen LogP contribution in [0.15, 0.2) is 18.2 Å². The van der Waals surface area contributed by atoms with Gasteiger partial charge in [-0.2, -0.15) is 4.98 Å². The Bertz CT molecular complexity index is 479. The van der Waals surface area contributed by atoms with Crippen LogP contribution in [0.3, 0.4) is 0 Å². The normalized spacial score (nSPS) is 10.6. The number of anilines is 2. The number of fused-ring (bicyclic) bond motifs is 1. The molecule has 4 N–H and O–H groups in total. The van der Waals surface area contributed by atoms with Crippen LogP contribution in [0.2, 0.25) is 0 Å². The van der Waals surface area contributed by atoms with Crippen molar-refractivity contribution in [1.29, 1.82) is 0 Å². The quantitative estimate of drug-likeness (QED) is 0.702. The first-order valence-electron chi connectivity index (χ1n) is 4.31. The van der Waals surface area contributed by atoms with E-state index in [1.54, 1.807) is 0 Å². The minimum absolute atomic E-state index is 0.206. The second kappa shape index (κ2) is 3.14. The molecule has 0 unspecified atom stereocenters. The third-order valence-corrected chi connectivity index (χ3v) is 2.10. The van der Waals surface area contributed by atoms with E-state index in [9.17, 15) is 0 Å². The van der Waals surface area contributed by atoms with Gasteiger partial charge in [-0.15, -0.1) is 0 Å². The van der Waals surface area contributed by atoms with Crippen LogP contribution in [0.5, 0.6) is 0 Å². The lowest BCUT2D eigenvalue weighted by Gasteiger charge is -2.03. The van der Waals surface area contributed by atoms with Crippen molar-refractivity contribution in [2.24, 2.45) is 0 Å². The van der Waals surface area contributed by atoms with Gasteiger partial charge in [0.05, 0.1) is 5.52 Å². The highest BCUT2D eigenvalue weighted by Gasteiger charge is 2.03. The lowest BCUT2D eigenvalue weighted by molar-refractivity contribution is 1.23. The zero-order chi connectivity index (χ0) is 10.1. The molecule has 1 heterocycles. The molecule has 0 atom stereocenters. The summed E-state index contributed by atoms with van der Waals surface area (Å²) in [6, 6.07) is 5.78. The first kappa shape index (κ1) is 8.74. The van der Waals surface area contributed by atoms with E-state index in [0.717, 1.165) is 22.9 Å². The highest BCUT2D eigenvalue weighted by atomic mass is 15.0. The number of aromatic nitrogens is 2. The average Bonchev–Trinajstić information content (AvgIpc) is 2.17. The van der Waals surface area contributed by atoms with Gasteiger partial charge >= 0.3 is 0 Å². The molecule has 1 aromatic carbocycles. The molecule has 14 heavy (non-hydrogen) atoms. The van der Waals surface area contributed by atoms with Gasteiger partial charge in [-0.25, -0.2) is 4.98 Å². The monoisotopic (exact) mass is 187 g/mol. The van der Waals surface area contributed by atoms with Gasteiger partial charge in [-0.05, 0) is 31.0 Å².